The Labute approximate surface area is 191 Å². The van der Waals surface area contributed by atoms with Crippen LogP contribution in [0, 0.1) is 0 Å². The normalized spacial score (nSPS) is 11.9. The molecule has 1 unspecified atom stereocenters. The number of rotatable bonds is 8. The molecule has 0 saturated heterocycles. The van der Waals surface area contributed by atoms with Crippen molar-refractivity contribution < 1.29 is 4.79 Å². The fourth-order valence-corrected chi connectivity index (χ4v) is 3.88. The predicted octanol–water partition coefficient (Wildman–Crippen LogP) is 2.74. The Bertz CT molecular complexity index is 1360. The highest BCUT2D eigenvalue weighted by atomic mass is 16.2. The van der Waals surface area contributed by atoms with E-state index in [1.807, 2.05) is 55.5 Å². The highest BCUT2D eigenvalue weighted by Crippen LogP contribution is 2.10. The minimum absolute atomic E-state index is 0.0729. The summed E-state index contributed by atoms with van der Waals surface area (Å²) in [7, 11) is 0. The third kappa shape index (κ3) is 5.26. The number of pyridine rings is 1. The molecular weight excluding hydrogens is 416 g/mol. The van der Waals surface area contributed by atoms with Gasteiger partial charge in [0.25, 0.3) is 0 Å². The topological polar surface area (TPSA) is 86.0 Å². The van der Waals surface area contributed by atoms with E-state index in [2.05, 4.69) is 22.4 Å². The van der Waals surface area contributed by atoms with E-state index in [1.54, 1.807) is 18.3 Å². The maximum Gasteiger partial charge on any atom is 0.318 e. The van der Waals surface area contributed by atoms with Crippen molar-refractivity contribution in [2.24, 2.45) is 0 Å². The lowest BCUT2D eigenvalue weighted by atomic mass is 10.1. The number of aryl methyl sites for hydroxylation is 1. The van der Waals surface area contributed by atoms with Crippen molar-refractivity contribution >= 4 is 17.1 Å². The van der Waals surface area contributed by atoms with Crippen LogP contribution in [0.5, 0.6) is 0 Å². The van der Waals surface area contributed by atoms with E-state index in [1.165, 1.54) is 14.7 Å². The van der Waals surface area contributed by atoms with Gasteiger partial charge in [-0.05, 0) is 43.0 Å². The lowest BCUT2D eigenvalue weighted by Crippen LogP contribution is -2.45. The molecule has 168 valence electrons. The molecule has 0 fully saturated rings. The fraction of sp³-hybridized carbons (Fsp3) is 0.231. The van der Waals surface area contributed by atoms with Gasteiger partial charge >= 0.3 is 11.1 Å². The van der Waals surface area contributed by atoms with Crippen molar-refractivity contribution in [3.05, 3.63) is 111 Å². The third-order valence-electron chi connectivity index (χ3n) is 5.59. The first-order chi connectivity index (χ1) is 16.0. The maximum absolute atomic E-state index is 12.9. The van der Waals surface area contributed by atoms with Crippen LogP contribution in [0.1, 0.15) is 24.5 Å². The van der Waals surface area contributed by atoms with Crippen LogP contribution < -0.4 is 16.4 Å². The molecular formula is C26H26N4O3. The van der Waals surface area contributed by atoms with Gasteiger partial charge in [-0.15, -0.1) is 0 Å². The van der Waals surface area contributed by atoms with Crippen molar-refractivity contribution in [1.29, 1.82) is 0 Å². The summed E-state index contributed by atoms with van der Waals surface area (Å²) in [5, 5.41) is 2.94. The highest BCUT2D eigenvalue weighted by Gasteiger charge is 2.17. The smallest absolute Gasteiger partial charge is 0.318 e. The van der Waals surface area contributed by atoms with Gasteiger partial charge in [0, 0.05) is 12.2 Å². The quantitative estimate of drug-likeness (QED) is 0.425. The zero-order chi connectivity index (χ0) is 23.2. The van der Waals surface area contributed by atoms with Crippen molar-refractivity contribution in [1.82, 2.24) is 19.4 Å². The zero-order valence-corrected chi connectivity index (χ0v) is 18.5. The van der Waals surface area contributed by atoms with Gasteiger partial charge in [-0.1, -0.05) is 60.7 Å². The van der Waals surface area contributed by atoms with Gasteiger partial charge in [0.15, 0.2) is 5.65 Å². The Kier molecular flexibility index (Phi) is 6.78. The van der Waals surface area contributed by atoms with Crippen molar-refractivity contribution in [3.8, 4) is 0 Å². The van der Waals surface area contributed by atoms with Gasteiger partial charge in [-0.2, -0.15) is 0 Å². The molecule has 2 aromatic heterocycles. The monoisotopic (exact) mass is 442 g/mol. The summed E-state index contributed by atoms with van der Waals surface area (Å²) < 4.78 is 2.58. The number of benzene rings is 2. The molecule has 7 nitrogen and oxygen atoms in total. The molecule has 0 radical (unpaired) electrons. The first-order valence-corrected chi connectivity index (χ1v) is 11.0. The Morgan fingerprint density at radius 1 is 0.879 bits per heavy atom. The molecule has 0 aliphatic heterocycles. The largest absolute Gasteiger partial charge is 0.352 e. The Balaban J connectivity index is 1.55. The lowest BCUT2D eigenvalue weighted by Gasteiger charge is -2.17. The number of amides is 1. The van der Waals surface area contributed by atoms with Crippen LogP contribution in [0.25, 0.3) is 11.2 Å². The van der Waals surface area contributed by atoms with Crippen LogP contribution in [-0.4, -0.2) is 26.1 Å². The van der Waals surface area contributed by atoms with Crippen molar-refractivity contribution in [2.45, 2.75) is 38.9 Å². The number of carbonyl (C=O) groups is 1. The summed E-state index contributed by atoms with van der Waals surface area (Å²) in [6.07, 6.45) is 3.18. The lowest BCUT2D eigenvalue weighted by molar-refractivity contribution is -0.122. The number of nitrogens with zero attached hydrogens (tertiary/aromatic N) is 3. The van der Waals surface area contributed by atoms with Crippen LogP contribution in [-0.2, 0) is 24.3 Å². The van der Waals surface area contributed by atoms with Gasteiger partial charge in [-0.25, -0.2) is 4.98 Å². The molecule has 0 spiro atoms. The minimum Gasteiger partial charge on any atom is -0.352 e. The molecule has 0 aliphatic rings. The van der Waals surface area contributed by atoms with E-state index in [0.717, 1.165) is 18.4 Å². The van der Waals surface area contributed by atoms with Crippen LogP contribution in [0.15, 0.2) is 88.6 Å². The molecule has 4 rings (SSSR count). The van der Waals surface area contributed by atoms with Crippen LogP contribution in [0.4, 0.5) is 0 Å². The molecule has 2 aromatic carbocycles. The van der Waals surface area contributed by atoms with Gasteiger partial charge in [0.2, 0.25) is 5.91 Å². The Morgan fingerprint density at radius 2 is 1.52 bits per heavy atom. The van der Waals surface area contributed by atoms with E-state index < -0.39 is 11.1 Å². The molecule has 4 aromatic rings. The second-order valence-corrected chi connectivity index (χ2v) is 8.11. The van der Waals surface area contributed by atoms with Crippen LogP contribution in [0.3, 0.4) is 0 Å². The number of fused-ring (bicyclic) bond motifs is 1. The SMILES string of the molecule is CC(CCc1ccccc1)NC(=O)Cn1c(=O)c(=O)n(Cc2ccccc2)c2ncccc21. The van der Waals surface area contributed by atoms with Gasteiger partial charge in [0.1, 0.15) is 6.54 Å². The van der Waals surface area contributed by atoms with Crippen molar-refractivity contribution in [3.63, 3.8) is 0 Å². The molecule has 1 amide bonds. The fourth-order valence-electron chi connectivity index (χ4n) is 3.88. The number of carbonyl (C=O) groups excluding carboxylic acids is 1. The summed E-state index contributed by atoms with van der Waals surface area (Å²) in [6, 6.07) is 22.8. The van der Waals surface area contributed by atoms with E-state index in [9.17, 15) is 14.4 Å². The van der Waals surface area contributed by atoms with E-state index >= 15 is 0 Å². The second-order valence-electron chi connectivity index (χ2n) is 8.11. The van der Waals surface area contributed by atoms with Crippen LogP contribution in [0.2, 0.25) is 0 Å². The summed E-state index contributed by atoms with van der Waals surface area (Å²) in [6.45, 7) is 1.92. The number of nitrogens with one attached hydrogen (secondary N) is 1. The average molecular weight is 443 g/mol. The predicted molar refractivity (Wildman–Crippen MR) is 128 cm³/mol. The van der Waals surface area contributed by atoms with Gasteiger partial charge in [0.05, 0.1) is 12.1 Å². The van der Waals surface area contributed by atoms with Gasteiger partial charge in [-0.3, -0.25) is 23.5 Å². The Hall–Kier alpha value is -4.00. The van der Waals surface area contributed by atoms with E-state index in [-0.39, 0.29) is 25.0 Å². The number of hydrogen-bond donors (Lipinski definition) is 1. The zero-order valence-electron chi connectivity index (χ0n) is 18.5. The molecule has 7 heteroatoms. The summed E-state index contributed by atoms with van der Waals surface area (Å²) in [5.74, 6) is -0.317. The first-order valence-electron chi connectivity index (χ1n) is 11.0. The first kappa shape index (κ1) is 22.2. The van der Waals surface area contributed by atoms with Crippen LogP contribution >= 0.6 is 0 Å². The molecule has 0 bridgehead atoms. The molecule has 0 aliphatic carbocycles. The van der Waals surface area contributed by atoms with E-state index in [0.29, 0.717) is 11.2 Å². The van der Waals surface area contributed by atoms with E-state index in [4.69, 9.17) is 0 Å². The minimum atomic E-state index is -0.737. The molecule has 1 atom stereocenters. The third-order valence-corrected chi connectivity index (χ3v) is 5.59. The Morgan fingerprint density at radius 3 is 2.21 bits per heavy atom. The molecule has 33 heavy (non-hydrogen) atoms. The van der Waals surface area contributed by atoms with Gasteiger partial charge < -0.3 is 5.32 Å². The maximum atomic E-state index is 12.9. The standard InChI is InChI=1S/C26H26N4O3/c1-19(14-15-20-9-4-2-5-10-20)28-23(31)18-29-22-13-8-16-27-24(22)30(26(33)25(29)32)17-21-11-6-3-7-12-21/h2-13,16,19H,14-15,17-18H2,1H3,(H,28,31). The molecule has 2 heterocycles. The van der Waals surface area contributed by atoms with Crippen molar-refractivity contribution in [2.75, 3.05) is 0 Å². The number of hydrogen-bond acceptors (Lipinski definition) is 4. The number of aromatic nitrogens is 3. The average Bonchev–Trinajstić information content (AvgIpc) is 2.84. The summed E-state index contributed by atoms with van der Waals surface area (Å²) in [5.41, 5.74) is 1.47. The summed E-state index contributed by atoms with van der Waals surface area (Å²) in [4.78, 5) is 42.9. The highest BCUT2D eigenvalue weighted by molar-refractivity contribution is 5.79. The molecule has 1 N–H and O–H groups in total. The second kappa shape index (κ2) is 10.1. The molecule has 0 saturated carbocycles. The summed E-state index contributed by atoms with van der Waals surface area (Å²) >= 11 is 0.